The van der Waals surface area contributed by atoms with Gasteiger partial charge in [-0.2, -0.15) is 0 Å². The molecule has 0 spiro atoms. The zero-order chi connectivity index (χ0) is 24.3. The molecule has 31 heavy (non-hydrogen) atoms. The van der Waals surface area contributed by atoms with Gasteiger partial charge in [-0.05, 0) is 13.3 Å². The third kappa shape index (κ3) is 11.1. The molecule has 0 radical (unpaired) electrons. The number of rotatable bonds is 14. The molecule has 0 aromatic carbocycles. The lowest BCUT2D eigenvalue weighted by molar-refractivity contribution is -0.143. The Morgan fingerprint density at radius 3 is 1.74 bits per heavy atom. The Balaban J connectivity index is 5.09. The van der Waals surface area contributed by atoms with E-state index in [4.69, 9.17) is 26.8 Å². The first-order valence-corrected chi connectivity index (χ1v) is 8.86. The fourth-order valence-electron chi connectivity index (χ4n) is 2.16. The number of nitrogens with one attached hydrogen (secondary N) is 3. The van der Waals surface area contributed by atoms with Crippen molar-refractivity contribution in [2.45, 2.75) is 56.8 Å². The first kappa shape index (κ1) is 27.2. The summed E-state index contributed by atoms with van der Waals surface area (Å²) < 4.78 is 0. The van der Waals surface area contributed by atoms with Gasteiger partial charge in [0.15, 0.2) is 0 Å². The summed E-state index contributed by atoms with van der Waals surface area (Å²) in [6.45, 7) is 1.16. The van der Waals surface area contributed by atoms with Crippen LogP contribution in [-0.2, 0) is 33.6 Å². The summed E-state index contributed by atoms with van der Waals surface area (Å²) in [6, 6.07) is -6.07. The van der Waals surface area contributed by atoms with E-state index >= 15 is 0 Å². The molecule has 0 heterocycles. The highest BCUT2D eigenvalue weighted by Gasteiger charge is 2.30. The first-order valence-electron chi connectivity index (χ1n) is 8.86. The lowest BCUT2D eigenvalue weighted by Gasteiger charge is -2.22. The molecule has 0 bridgehead atoms. The Morgan fingerprint density at radius 1 is 0.774 bits per heavy atom. The van der Waals surface area contributed by atoms with Gasteiger partial charge in [0.05, 0.1) is 18.9 Å². The van der Waals surface area contributed by atoms with Crippen LogP contribution in [0.3, 0.4) is 0 Å². The van der Waals surface area contributed by atoms with Crippen molar-refractivity contribution in [2.75, 3.05) is 0 Å². The standard InChI is InChI=1S/C16H25N5O10/c1-6(13(27)20-8(16(30)31)2-3-10(18)22)19-15(29)9(5-12(25)26)21-14(28)7(17)4-11(23)24/h6-9H,2-5,17H2,1H3,(H2,18,22)(H,19,29)(H,20,27)(H,21,28)(H,23,24)(H,25,26)(H,30,31). The van der Waals surface area contributed by atoms with Crippen molar-refractivity contribution in [3.63, 3.8) is 0 Å². The van der Waals surface area contributed by atoms with Gasteiger partial charge < -0.3 is 42.7 Å². The van der Waals surface area contributed by atoms with Crippen molar-refractivity contribution in [1.82, 2.24) is 16.0 Å². The summed E-state index contributed by atoms with van der Waals surface area (Å²) in [4.78, 5) is 79.9. The van der Waals surface area contributed by atoms with Crippen LogP contribution in [0.1, 0.15) is 32.6 Å². The molecule has 0 fully saturated rings. The molecule has 0 aliphatic heterocycles. The quantitative estimate of drug-likeness (QED) is 0.127. The number of hydrogen-bond acceptors (Lipinski definition) is 8. The topological polar surface area (TPSA) is 268 Å². The highest BCUT2D eigenvalue weighted by molar-refractivity contribution is 5.96. The predicted molar refractivity (Wildman–Crippen MR) is 100 cm³/mol. The maximum Gasteiger partial charge on any atom is 0.326 e. The van der Waals surface area contributed by atoms with E-state index in [0.29, 0.717) is 0 Å². The Morgan fingerprint density at radius 2 is 1.29 bits per heavy atom. The Hall–Kier alpha value is -3.75. The summed E-state index contributed by atoms with van der Waals surface area (Å²) in [5.74, 6) is -8.28. The molecule has 0 aromatic heterocycles. The number of carboxylic acids is 3. The van der Waals surface area contributed by atoms with Crippen LogP contribution in [0.5, 0.6) is 0 Å². The van der Waals surface area contributed by atoms with E-state index in [1.54, 1.807) is 0 Å². The molecule has 0 aromatic rings. The van der Waals surface area contributed by atoms with Gasteiger partial charge in [-0.15, -0.1) is 0 Å². The second-order valence-corrected chi connectivity index (χ2v) is 6.50. The number of nitrogens with two attached hydrogens (primary N) is 2. The monoisotopic (exact) mass is 447 g/mol. The molecule has 0 saturated carbocycles. The van der Waals surface area contributed by atoms with E-state index in [0.717, 1.165) is 6.92 Å². The zero-order valence-corrected chi connectivity index (χ0v) is 16.5. The number of carbonyl (C=O) groups is 7. The van der Waals surface area contributed by atoms with Crippen molar-refractivity contribution >= 4 is 41.5 Å². The number of carbonyl (C=O) groups excluding carboxylic acids is 4. The Labute approximate surface area is 175 Å². The summed E-state index contributed by atoms with van der Waals surface area (Å²) in [5.41, 5.74) is 10.3. The minimum atomic E-state index is -1.69. The lowest BCUT2D eigenvalue weighted by Crippen LogP contribution is -2.56. The zero-order valence-electron chi connectivity index (χ0n) is 16.5. The van der Waals surface area contributed by atoms with Gasteiger partial charge in [0.1, 0.15) is 18.1 Å². The molecule has 4 atom stereocenters. The minimum Gasteiger partial charge on any atom is -0.481 e. The van der Waals surface area contributed by atoms with Gasteiger partial charge in [-0.1, -0.05) is 0 Å². The molecular formula is C16H25N5O10. The third-order valence-electron chi connectivity index (χ3n) is 3.79. The molecule has 174 valence electrons. The van der Waals surface area contributed by atoms with Crippen LogP contribution in [0.25, 0.3) is 0 Å². The van der Waals surface area contributed by atoms with E-state index < -0.39 is 78.5 Å². The highest BCUT2D eigenvalue weighted by atomic mass is 16.4. The van der Waals surface area contributed by atoms with E-state index in [1.807, 2.05) is 5.32 Å². The van der Waals surface area contributed by atoms with Crippen molar-refractivity contribution in [2.24, 2.45) is 11.5 Å². The van der Waals surface area contributed by atoms with E-state index in [2.05, 4.69) is 10.6 Å². The lowest BCUT2D eigenvalue weighted by atomic mass is 10.1. The van der Waals surface area contributed by atoms with Crippen LogP contribution in [-0.4, -0.2) is 81.0 Å². The predicted octanol–water partition coefficient (Wildman–Crippen LogP) is -3.91. The van der Waals surface area contributed by atoms with Crippen LogP contribution in [0.15, 0.2) is 0 Å². The fourth-order valence-corrected chi connectivity index (χ4v) is 2.16. The first-order chi connectivity index (χ1) is 14.2. The molecule has 0 saturated heterocycles. The summed E-state index contributed by atoms with van der Waals surface area (Å²) in [7, 11) is 0. The Kier molecular flexibility index (Phi) is 11.2. The second-order valence-electron chi connectivity index (χ2n) is 6.50. The number of hydrogen-bond donors (Lipinski definition) is 8. The van der Waals surface area contributed by atoms with Crippen LogP contribution < -0.4 is 27.4 Å². The number of primary amides is 1. The number of amides is 4. The van der Waals surface area contributed by atoms with Gasteiger partial charge >= 0.3 is 17.9 Å². The van der Waals surface area contributed by atoms with Gasteiger partial charge in [-0.25, -0.2) is 4.79 Å². The highest BCUT2D eigenvalue weighted by Crippen LogP contribution is 2.01. The maximum absolute atomic E-state index is 12.3. The van der Waals surface area contributed by atoms with Crippen molar-refractivity contribution in [1.29, 1.82) is 0 Å². The second kappa shape index (κ2) is 12.7. The molecule has 15 nitrogen and oxygen atoms in total. The number of carboxylic acid groups (broad SMARTS) is 3. The molecule has 4 unspecified atom stereocenters. The molecular weight excluding hydrogens is 422 g/mol. The average Bonchev–Trinajstić information content (AvgIpc) is 2.62. The molecule has 0 aliphatic rings. The minimum absolute atomic E-state index is 0.295. The summed E-state index contributed by atoms with van der Waals surface area (Å²) in [5, 5.41) is 32.8. The van der Waals surface area contributed by atoms with Crippen molar-refractivity contribution < 1.29 is 48.9 Å². The SMILES string of the molecule is CC(NC(=O)C(CC(=O)O)NC(=O)C(N)CC(=O)O)C(=O)NC(CCC(N)=O)C(=O)O. The van der Waals surface area contributed by atoms with Gasteiger partial charge in [-0.3, -0.25) is 28.8 Å². The van der Waals surface area contributed by atoms with Gasteiger partial charge in [0.2, 0.25) is 23.6 Å². The molecule has 15 heteroatoms. The summed E-state index contributed by atoms with van der Waals surface area (Å²) >= 11 is 0. The maximum atomic E-state index is 12.3. The molecule has 4 amide bonds. The van der Waals surface area contributed by atoms with Crippen molar-refractivity contribution in [3.8, 4) is 0 Å². The van der Waals surface area contributed by atoms with E-state index in [9.17, 15) is 33.6 Å². The fraction of sp³-hybridized carbons (Fsp3) is 0.562. The van der Waals surface area contributed by atoms with Crippen LogP contribution in [0.2, 0.25) is 0 Å². The number of aliphatic carboxylic acids is 3. The third-order valence-corrected chi connectivity index (χ3v) is 3.79. The van der Waals surface area contributed by atoms with Crippen molar-refractivity contribution in [3.05, 3.63) is 0 Å². The molecule has 0 aliphatic carbocycles. The summed E-state index contributed by atoms with van der Waals surface area (Å²) in [6.07, 6.45) is -2.28. The Bertz CT molecular complexity index is 740. The van der Waals surface area contributed by atoms with Crippen LogP contribution in [0.4, 0.5) is 0 Å². The van der Waals surface area contributed by atoms with Crippen LogP contribution >= 0.6 is 0 Å². The molecule has 0 rings (SSSR count). The average molecular weight is 447 g/mol. The van der Waals surface area contributed by atoms with E-state index in [1.165, 1.54) is 0 Å². The largest absolute Gasteiger partial charge is 0.481 e. The van der Waals surface area contributed by atoms with Gasteiger partial charge in [0.25, 0.3) is 0 Å². The van der Waals surface area contributed by atoms with E-state index in [-0.39, 0.29) is 12.8 Å². The normalized spacial score (nSPS) is 14.3. The van der Waals surface area contributed by atoms with Crippen LogP contribution in [0, 0.1) is 0 Å². The van der Waals surface area contributed by atoms with Gasteiger partial charge in [0, 0.05) is 6.42 Å². The molecule has 10 N–H and O–H groups in total. The smallest absolute Gasteiger partial charge is 0.326 e.